The normalized spacial score (nSPS) is 21.1. The summed E-state index contributed by atoms with van der Waals surface area (Å²) in [5, 5.41) is 6.72. The summed E-state index contributed by atoms with van der Waals surface area (Å²) >= 11 is -3.01. The molecule has 1 saturated heterocycles. The molecule has 1 fully saturated rings. The molecule has 7 rings (SSSR count). The average molecular weight is 792 g/mol. The van der Waals surface area contributed by atoms with Gasteiger partial charge in [0.05, 0.1) is 0 Å². The van der Waals surface area contributed by atoms with Gasteiger partial charge in [-0.05, 0) is 0 Å². The Balaban J connectivity index is 1.34. The van der Waals surface area contributed by atoms with E-state index in [0.29, 0.717) is 7.35 Å². The quantitative estimate of drug-likeness (QED) is 0.181. The van der Waals surface area contributed by atoms with Crippen molar-refractivity contribution in [3.05, 3.63) is 118 Å². The van der Waals surface area contributed by atoms with Crippen LogP contribution >= 0.6 is 0 Å². The topological polar surface area (TPSA) is 0 Å². The predicted octanol–water partition coefficient (Wildman–Crippen LogP) is 10.7. The summed E-state index contributed by atoms with van der Waals surface area (Å²) in [5.41, 5.74) is 12.0. The molecule has 4 aromatic carbocycles. The van der Waals surface area contributed by atoms with Crippen molar-refractivity contribution in [2.45, 2.75) is 69.1 Å². The third kappa shape index (κ3) is 4.65. The van der Waals surface area contributed by atoms with E-state index in [1.54, 1.807) is 11.1 Å². The van der Waals surface area contributed by atoms with Crippen molar-refractivity contribution in [3.63, 3.8) is 0 Å². The number of benzene rings is 4. The van der Waals surface area contributed by atoms with Gasteiger partial charge in [0.15, 0.2) is 0 Å². The average Bonchev–Trinajstić information content (AvgIpc) is 3.58. The Bertz CT molecular complexity index is 1730. The summed E-state index contributed by atoms with van der Waals surface area (Å²) in [4.78, 5) is 0. The fourth-order valence-electron chi connectivity index (χ4n) is 8.63. The standard InChI is InChI=1S/C38H42Si3.2CH3.Hf/c1-39(2,3)31-19-15-27(16-20-31)35-13-9-11-29-23-33(25-37(29)35)41(7,8)34-24-30-12-10-14-36(38(30)26-34)28-17-21-32(22-18-28)40(4,5)6;;;/h9-26H,1-8H3;2*1H3;. The van der Waals surface area contributed by atoms with Gasteiger partial charge in [0.2, 0.25) is 0 Å². The minimum absolute atomic E-state index is 0.674. The van der Waals surface area contributed by atoms with Crippen LogP contribution in [0.1, 0.15) is 29.6 Å². The van der Waals surface area contributed by atoms with Gasteiger partial charge in [0, 0.05) is 0 Å². The Morgan fingerprint density at radius 2 is 0.886 bits per heavy atom. The van der Waals surface area contributed by atoms with Crippen LogP contribution in [0.15, 0.2) is 95.3 Å². The van der Waals surface area contributed by atoms with Crippen molar-refractivity contribution in [1.29, 1.82) is 0 Å². The van der Waals surface area contributed by atoms with E-state index in [1.807, 2.05) is 10.4 Å². The summed E-state index contributed by atoms with van der Waals surface area (Å²) in [6, 6.07) is 33.7. The molecule has 44 heavy (non-hydrogen) atoms. The first kappa shape index (κ1) is 30.5. The fourth-order valence-corrected chi connectivity index (χ4v) is 43.1. The first-order valence-corrected chi connectivity index (χ1v) is 37.9. The summed E-state index contributed by atoms with van der Waals surface area (Å²) in [7, 11) is -4.50. The molecule has 1 heterocycles. The molecule has 0 radical (unpaired) electrons. The van der Waals surface area contributed by atoms with Gasteiger partial charge in [0.1, 0.15) is 0 Å². The zero-order valence-corrected chi connectivity index (χ0v) is 35.0. The van der Waals surface area contributed by atoms with Gasteiger partial charge in [-0.1, -0.05) is 0 Å². The van der Waals surface area contributed by atoms with Crippen LogP contribution in [0.5, 0.6) is 0 Å². The van der Waals surface area contributed by atoms with Gasteiger partial charge in [-0.2, -0.15) is 0 Å². The van der Waals surface area contributed by atoms with Crippen molar-refractivity contribution in [1.82, 2.24) is 0 Å². The van der Waals surface area contributed by atoms with Crippen molar-refractivity contribution in [2.24, 2.45) is 0 Å². The SMILES string of the molecule is C[Si]1(C)C2=Cc3c(-c4ccc([Si](C)(C)C)cc4)cccc3[CH]2[Hf]([CH3])([CH3])[CH]2C1=Cc1c(-c3ccc([Si](C)(C)C)cc3)cccc12. The van der Waals surface area contributed by atoms with Crippen molar-refractivity contribution >= 4 is 46.7 Å². The molecule has 4 heteroatoms. The Hall–Kier alpha value is -2.12. The van der Waals surface area contributed by atoms with Crippen LogP contribution < -0.4 is 10.4 Å². The van der Waals surface area contributed by atoms with Crippen LogP contribution in [-0.4, -0.2) is 24.2 Å². The zero-order valence-electron chi connectivity index (χ0n) is 28.4. The Labute approximate surface area is 273 Å². The molecule has 0 aromatic heterocycles. The van der Waals surface area contributed by atoms with Crippen LogP contribution in [0.3, 0.4) is 0 Å². The third-order valence-electron chi connectivity index (χ3n) is 11.2. The summed E-state index contributed by atoms with van der Waals surface area (Å²) in [6.07, 6.45) is 5.40. The van der Waals surface area contributed by atoms with Crippen molar-refractivity contribution < 1.29 is 20.0 Å². The van der Waals surface area contributed by atoms with E-state index in [9.17, 15) is 0 Å². The van der Waals surface area contributed by atoms with Crippen LogP contribution in [0.25, 0.3) is 34.4 Å². The minimum atomic E-state index is -3.01. The van der Waals surface area contributed by atoms with Crippen molar-refractivity contribution in [3.8, 4) is 22.3 Å². The number of hydrogen-bond donors (Lipinski definition) is 0. The molecular formula is C40H48HfSi3. The molecule has 2 aliphatic carbocycles. The molecule has 0 bridgehead atoms. The third-order valence-corrected chi connectivity index (χ3v) is 36.3. The maximum absolute atomic E-state index is 3.01. The maximum atomic E-state index is 2.78. The van der Waals surface area contributed by atoms with E-state index in [0.717, 1.165) is 0 Å². The molecule has 0 nitrogen and oxygen atoms in total. The monoisotopic (exact) mass is 792 g/mol. The van der Waals surface area contributed by atoms with Crippen LogP contribution in [0.2, 0.25) is 61.7 Å². The molecule has 3 aliphatic rings. The Morgan fingerprint density at radius 1 is 0.523 bits per heavy atom. The van der Waals surface area contributed by atoms with E-state index in [4.69, 9.17) is 0 Å². The van der Waals surface area contributed by atoms with Crippen LogP contribution in [0, 0.1) is 0 Å². The van der Waals surface area contributed by atoms with Gasteiger partial charge in [0.25, 0.3) is 0 Å². The van der Waals surface area contributed by atoms with Gasteiger partial charge in [-0.3, -0.25) is 0 Å². The Kier molecular flexibility index (Phi) is 7.07. The first-order valence-electron chi connectivity index (χ1n) is 16.5. The molecular weight excluding hydrogens is 743 g/mol. The molecule has 2 unspecified atom stereocenters. The molecule has 1 aliphatic heterocycles. The predicted molar refractivity (Wildman–Crippen MR) is 200 cm³/mol. The van der Waals surface area contributed by atoms with Gasteiger partial charge in [-0.25, -0.2) is 0 Å². The van der Waals surface area contributed by atoms with E-state index in [2.05, 4.69) is 159 Å². The Morgan fingerprint density at radius 3 is 1.23 bits per heavy atom. The summed E-state index contributed by atoms with van der Waals surface area (Å²) in [6.45, 7) is 20.0. The van der Waals surface area contributed by atoms with Gasteiger partial charge in [-0.15, -0.1) is 0 Å². The van der Waals surface area contributed by atoms with E-state index in [1.165, 1.54) is 43.8 Å². The number of hydrogen-bond acceptors (Lipinski definition) is 0. The molecule has 0 amide bonds. The second-order valence-electron chi connectivity index (χ2n) is 16.8. The fraction of sp³-hybridized carbons (Fsp3) is 0.300. The molecule has 224 valence electrons. The number of fused-ring (bicyclic) bond motifs is 6. The molecule has 0 spiro atoms. The molecule has 2 atom stereocenters. The van der Waals surface area contributed by atoms with Gasteiger partial charge >= 0.3 is 276 Å². The van der Waals surface area contributed by atoms with E-state index < -0.39 is 44.2 Å². The number of allylic oxidation sites excluding steroid dienone is 2. The first-order chi connectivity index (χ1) is 20.6. The second kappa shape index (κ2) is 10.2. The van der Waals surface area contributed by atoms with Gasteiger partial charge < -0.3 is 0 Å². The van der Waals surface area contributed by atoms with E-state index in [-0.39, 0.29) is 0 Å². The molecule has 4 aromatic rings. The van der Waals surface area contributed by atoms with Crippen LogP contribution in [-0.2, 0) is 20.0 Å². The summed E-state index contributed by atoms with van der Waals surface area (Å²) in [5.74, 6) is 0. The van der Waals surface area contributed by atoms with Crippen molar-refractivity contribution in [2.75, 3.05) is 0 Å². The van der Waals surface area contributed by atoms with E-state index >= 15 is 0 Å². The molecule has 0 N–H and O–H groups in total. The zero-order chi connectivity index (χ0) is 31.4. The number of rotatable bonds is 4. The second-order valence-corrected chi connectivity index (χ2v) is 48.6. The van der Waals surface area contributed by atoms with Crippen LogP contribution in [0.4, 0.5) is 0 Å². The summed E-state index contributed by atoms with van der Waals surface area (Å²) < 4.78 is 6.91. The molecule has 0 saturated carbocycles.